The van der Waals surface area contributed by atoms with Gasteiger partial charge in [-0.1, -0.05) is 36.4 Å². The lowest BCUT2D eigenvalue weighted by Gasteiger charge is -2.34. The predicted octanol–water partition coefficient (Wildman–Crippen LogP) is 3.02. The van der Waals surface area contributed by atoms with Crippen molar-refractivity contribution in [2.75, 3.05) is 32.7 Å². The summed E-state index contributed by atoms with van der Waals surface area (Å²) in [6, 6.07) is 15.8. The maximum Gasteiger partial charge on any atom is 0.253 e. The van der Waals surface area contributed by atoms with E-state index in [1.807, 2.05) is 79.4 Å². The molecular weight excluding hydrogens is 402 g/mol. The van der Waals surface area contributed by atoms with Gasteiger partial charge in [-0.3, -0.25) is 19.6 Å². The first kappa shape index (κ1) is 21.8. The Kier molecular flexibility index (Phi) is 6.66. The predicted molar refractivity (Wildman–Crippen MR) is 127 cm³/mol. The van der Waals surface area contributed by atoms with E-state index in [-0.39, 0.29) is 17.9 Å². The van der Waals surface area contributed by atoms with Crippen molar-refractivity contribution in [3.63, 3.8) is 0 Å². The summed E-state index contributed by atoms with van der Waals surface area (Å²) in [7, 11) is 0. The zero-order valence-corrected chi connectivity index (χ0v) is 18.5. The fraction of sp³-hybridized carbons (Fsp3) is 0.320. The second-order valence-electron chi connectivity index (χ2n) is 8.40. The number of hydrogen-bond acceptors (Lipinski definition) is 4. The number of H-pyrrole nitrogens is 1. The average molecular weight is 432 g/mol. The highest BCUT2D eigenvalue weighted by Crippen LogP contribution is 2.18. The molecule has 2 amide bonds. The van der Waals surface area contributed by atoms with Crippen molar-refractivity contribution in [3.8, 4) is 0 Å². The summed E-state index contributed by atoms with van der Waals surface area (Å²) in [5.41, 5.74) is 3.59. The third-order valence-corrected chi connectivity index (χ3v) is 5.57. The molecule has 7 nitrogen and oxygen atoms in total. The first-order valence-electron chi connectivity index (χ1n) is 11.0. The maximum atomic E-state index is 12.9. The molecule has 2 aromatic carbocycles. The van der Waals surface area contributed by atoms with E-state index >= 15 is 0 Å². The molecule has 7 heteroatoms. The summed E-state index contributed by atoms with van der Waals surface area (Å²) < 4.78 is 0. The Morgan fingerprint density at radius 3 is 2.47 bits per heavy atom. The van der Waals surface area contributed by atoms with Crippen molar-refractivity contribution in [1.29, 1.82) is 0 Å². The van der Waals surface area contributed by atoms with Gasteiger partial charge in [0.1, 0.15) is 0 Å². The molecule has 0 unspecified atom stereocenters. The van der Waals surface area contributed by atoms with Gasteiger partial charge in [-0.05, 0) is 43.7 Å². The average Bonchev–Trinajstić information content (AvgIpc) is 3.21. The van der Waals surface area contributed by atoms with Crippen LogP contribution in [0.2, 0.25) is 0 Å². The molecule has 0 saturated carbocycles. The largest absolute Gasteiger partial charge is 0.353 e. The number of carbonyl (C=O) groups is 2. The Morgan fingerprint density at radius 2 is 1.75 bits per heavy atom. The molecule has 0 bridgehead atoms. The van der Waals surface area contributed by atoms with Gasteiger partial charge < -0.3 is 10.2 Å². The molecule has 0 atom stereocenters. The van der Waals surface area contributed by atoms with Crippen LogP contribution in [0.1, 0.15) is 35.5 Å². The van der Waals surface area contributed by atoms with Crippen LogP contribution in [0.4, 0.5) is 0 Å². The highest BCUT2D eigenvalue weighted by molar-refractivity contribution is 5.95. The van der Waals surface area contributed by atoms with Crippen LogP contribution in [0.3, 0.4) is 0 Å². The number of hydrogen-bond donors (Lipinski definition) is 2. The van der Waals surface area contributed by atoms with E-state index in [1.54, 1.807) is 0 Å². The first-order valence-corrected chi connectivity index (χ1v) is 11.0. The lowest BCUT2D eigenvalue weighted by atomic mass is 10.1. The molecule has 1 saturated heterocycles. The number of nitrogens with zero attached hydrogens (tertiary/aromatic N) is 3. The number of rotatable bonds is 6. The van der Waals surface area contributed by atoms with Crippen LogP contribution in [0.5, 0.6) is 0 Å². The van der Waals surface area contributed by atoms with Crippen LogP contribution >= 0.6 is 0 Å². The Balaban J connectivity index is 1.32. The Bertz CT molecular complexity index is 1110. The lowest BCUT2D eigenvalue weighted by molar-refractivity contribution is -0.123. The number of fused-ring (bicyclic) bond motifs is 1. The normalized spacial score (nSPS) is 15.0. The fourth-order valence-corrected chi connectivity index (χ4v) is 3.89. The molecule has 0 radical (unpaired) electrons. The number of carbonyl (C=O) groups excluding carboxylic acids is 2. The summed E-state index contributed by atoms with van der Waals surface area (Å²) in [6.07, 6.45) is 3.97. The van der Waals surface area contributed by atoms with Crippen molar-refractivity contribution < 1.29 is 9.59 Å². The molecule has 1 fully saturated rings. The molecule has 1 aromatic heterocycles. The van der Waals surface area contributed by atoms with Crippen molar-refractivity contribution >= 4 is 34.9 Å². The van der Waals surface area contributed by atoms with Crippen LogP contribution in [0.15, 0.2) is 48.5 Å². The van der Waals surface area contributed by atoms with Crippen molar-refractivity contribution in [2.24, 2.45) is 0 Å². The van der Waals surface area contributed by atoms with Gasteiger partial charge in [0.25, 0.3) is 5.91 Å². The third-order valence-electron chi connectivity index (χ3n) is 5.57. The minimum absolute atomic E-state index is 0.0325. The lowest BCUT2D eigenvalue weighted by Crippen LogP contribution is -2.51. The van der Waals surface area contributed by atoms with Gasteiger partial charge in [0.15, 0.2) is 0 Å². The first-order chi connectivity index (χ1) is 15.5. The molecule has 166 valence electrons. The van der Waals surface area contributed by atoms with E-state index < -0.39 is 0 Å². The smallest absolute Gasteiger partial charge is 0.253 e. The molecule has 2 heterocycles. The molecule has 0 spiro atoms. The van der Waals surface area contributed by atoms with E-state index in [9.17, 15) is 9.59 Å². The molecule has 3 aromatic rings. The monoisotopic (exact) mass is 431 g/mol. The molecule has 2 N–H and O–H groups in total. The number of aromatic amines is 1. The summed E-state index contributed by atoms with van der Waals surface area (Å²) in [6.45, 7) is 6.95. The molecule has 4 rings (SSSR count). The Hall–Kier alpha value is -3.45. The molecule has 32 heavy (non-hydrogen) atoms. The van der Waals surface area contributed by atoms with E-state index in [2.05, 4.69) is 20.4 Å². The maximum absolute atomic E-state index is 12.9. The number of amides is 2. The van der Waals surface area contributed by atoms with Gasteiger partial charge >= 0.3 is 0 Å². The quantitative estimate of drug-likeness (QED) is 0.629. The van der Waals surface area contributed by atoms with Gasteiger partial charge in [0, 0.05) is 43.2 Å². The highest BCUT2D eigenvalue weighted by Gasteiger charge is 2.23. The summed E-state index contributed by atoms with van der Waals surface area (Å²) in [4.78, 5) is 28.8. The van der Waals surface area contributed by atoms with E-state index in [0.717, 1.165) is 22.2 Å². The fourth-order valence-electron chi connectivity index (χ4n) is 3.89. The van der Waals surface area contributed by atoms with Gasteiger partial charge in [-0.15, -0.1) is 0 Å². The van der Waals surface area contributed by atoms with Crippen LogP contribution in [-0.4, -0.2) is 70.6 Å². The second kappa shape index (κ2) is 9.78. The van der Waals surface area contributed by atoms with E-state index in [0.29, 0.717) is 38.3 Å². The minimum Gasteiger partial charge on any atom is -0.353 e. The van der Waals surface area contributed by atoms with Crippen LogP contribution in [0.25, 0.3) is 23.1 Å². The summed E-state index contributed by atoms with van der Waals surface area (Å²) in [5.74, 6) is 0.0661. The standard InChI is InChI=1S/C25H29N5O2/c1-18(2)26-24(31)17-29-13-15-30(16-14-29)25(32)20-10-7-19(8-11-20)9-12-23-21-5-3-4-6-22(21)27-28-23/h3-12,18H,13-17H2,1-2H3,(H,26,31)(H,27,28)/b12-9+. The van der Waals surface area contributed by atoms with Gasteiger partial charge in [-0.25, -0.2) is 0 Å². The molecule has 0 aliphatic carbocycles. The minimum atomic E-state index is 0.0325. The number of nitrogens with one attached hydrogen (secondary N) is 2. The van der Waals surface area contributed by atoms with Crippen LogP contribution in [0, 0.1) is 0 Å². The Labute approximate surface area is 188 Å². The van der Waals surface area contributed by atoms with E-state index in [4.69, 9.17) is 0 Å². The van der Waals surface area contributed by atoms with Gasteiger partial charge in [0.05, 0.1) is 17.8 Å². The summed E-state index contributed by atoms with van der Waals surface area (Å²) in [5, 5.41) is 11.4. The third kappa shape index (κ3) is 5.23. The number of aromatic nitrogens is 2. The van der Waals surface area contributed by atoms with Gasteiger partial charge in [-0.2, -0.15) is 5.10 Å². The molecular formula is C25H29N5O2. The SMILES string of the molecule is CC(C)NC(=O)CN1CCN(C(=O)c2ccc(/C=C/c3n[nH]c4ccccc34)cc2)CC1. The molecule has 1 aliphatic rings. The van der Waals surface area contributed by atoms with Gasteiger partial charge in [0.2, 0.25) is 5.91 Å². The Morgan fingerprint density at radius 1 is 1.03 bits per heavy atom. The van der Waals surface area contributed by atoms with Crippen LogP contribution < -0.4 is 5.32 Å². The zero-order chi connectivity index (χ0) is 22.5. The van der Waals surface area contributed by atoms with E-state index in [1.165, 1.54) is 0 Å². The van der Waals surface area contributed by atoms with Crippen molar-refractivity contribution in [1.82, 2.24) is 25.3 Å². The zero-order valence-electron chi connectivity index (χ0n) is 18.5. The number of piperazine rings is 1. The molecule has 1 aliphatic heterocycles. The van der Waals surface area contributed by atoms with Crippen LogP contribution in [-0.2, 0) is 4.79 Å². The van der Waals surface area contributed by atoms with Crippen molar-refractivity contribution in [2.45, 2.75) is 19.9 Å². The summed E-state index contributed by atoms with van der Waals surface area (Å²) >= 11 is 0. The number of benzene rings is 2. The topological polar surface area (TPSA) is 81.3 Å². The highest BCUT2D eigenvalue weighted by atomic mass is 16.2. The van der Waals surface area contributed by atoms with Crippen molar-refractivity contribution in [3.05, 3.63) is 65.4 Å². The second-order valence-corrected chi connectivity index (χ2v) is 8.40. The number of para-hydroxylation sites is 1.